The van der Waals surface area contributed by atoms with E-state index in [-0.39, 0.29) is 11.8 Å². The third-order valence-electron chi connectivity index (χ3n) is 4.28. The molecule has 3 rings (SSSR count). The van der Waals surface area contributed by atoms with E-state index in [1.54, 1.807) is 30.3 Å². The van der Waals surface area contributed by atoms with Gasteiger partial charge in [0, 0.05) is 22.9 Å². The van der Waals surface area contributed by atoms with Crippen molar-refractivity contribution in [2.45, 2.75) is 26.6 Å². The number of carbonyl (C=O) groups excluding carboxylic acids is 1. The maximum atomic E-state index is 12.9. The van der Waals surface area contributed by atoms with Gasteiger partial charge in [-0.25, -0.2) is 0 Å². The summed E-state index contributed by atoms with van der Waals surface area (Å²) in [6.45, 7) is 4.02. The molecule has 152 valence electrons. The van der Waals surface area contributed by atoms with E-state index in [1.165, 1.54) is 6.07 Å². The van der Waals surface area contributed by atoms with E-state index < -0.39 is 11.7 Å². The normalized spacial score (nSPS) is 11.5. The van der Waals surface area contributed by atoms with Crippen molar-refractivity contribution in [3.8, 4) is 11.3 Å². The number of hydrogen-bond donors (Lipinski definition) is 2. The molecule has 29 heavy (non-hydrogen) atoms. The van der Waals surface area contributed by atoms with Crippen LogP contribution in [0.2, 0.25) is 0 Å². The van der Waals surface area contributed by atoms with Gasteiger partial charge in [0.25, 0.3) is 0 Å². The SMILES string of the molecule is CC(C)C(=O)Nc1ccc(NCc2ccc(-c3cccc(C(F)(F)F)c3)o2)cc1. The molecule has 3 aromatic rings. The molecule has 2 N–H and O–H groups in total. The van der Waals surface area contributed by atoms with Crippen molar-refractivity contribution in [1.29, 1.82) is 0 Å². The van der Waals surface area contributed by atoms with E-state index in [1.807, 2.05) is 26.0 Å². The number of carbonyl (C=O) groups is 1. The van der Waals surface area contributed by atoms with Crippen LogP contribution in [0.25, 0.3) is 11.3 Å². The van der Waals surface area contributed by atoms with Crippen molar-refractivity contribution >= 4 is 17.3 Å². The van der Waals surface area contributed by atoms with E-state index in [4.69, 9.17) is 4.42 Å². The van der Waals surface area contributed by atoms with Gasteiger partial charge in [-0.05, 0) is 48.5 Å². The van der Waals surface area contributed by atoms with Crippen molar-refractivity contribution in [2.75, 3.05) is 10.6 Å². The number of amides is 1. The summed E-state index contributed by atoms with van der Waals surface area (Å²) in [6, 6.07) is 15.6. The van der Waals surface area contributed by atoms with Crippen LogP contribution in [0.15, 0.2) is 65.1 Å². The molecule has 1 heterocycles. The quantitative estimate of drug-likeness (QED) is 0.518. The first kappa shape index (κ1) is 20.5. The highest BCUT2D eigenvalue weighted by Gasteiger charge is 2.30. The molecule has 0 atom stereocenters. The molecular formula is C22H21F3N2O2. The summed E-state index contributed by atoms with van der Waals surface area (Å²) in [5.41, 5.74) is 1.19. The maximum absolute atomic E-state index is 12.9. The zero-order valence-electron chi connectivity index (χ0n) is 16.0. The molecule has 0 bridgehead atoms. The van der Waals surface area contributed by atoms with Crippen LogP contribution in [0, 0.1) is 5.92 Å². The van der Waals surface area contributed by atoms with Crippen LogP contribution < -0.4 is 10.6 Å². The smallest absolute Gasteiger partial charge is 0.416 e. The molecule has 1 amide bonds. The molecule has 0 aliphatic heterocycles. The van der Waals surface area contributed by atoms with Gasteiger partial charge >= 0.3 is 6.18 Å². The van der Waals surface area contributed by atoms with Gasteiger partial charge in [0.05, 0.1) is 12.1 Å². The fourth-order valence-corrected chi connectivity index (χ4v) is 2.62. The number of benzene rings is 2. The maximum Gasteiger partial charge on any atom is 0.416 e. The second kappa shape index (κ2) is 8.43. The molecule has 0 spiro atoms. The van der Waals surface area contributed by atoms with Crippen LogP contribution in [0.3, 0.4) is 0 Å². The highest BCUT2D eigenvalue weighted by molar-refractivity contribution is 5.92. The van der Waals surface area contributed by atoms with Crippen LogP contribution in [-0.4, -0.2) is 5.91 Å². The summed E-state index contributed by atoms with van der Waals surface area (Å²) in [6.07, 6.45) is -4.40. The molecule has 2 aromatic carbocycles. The predicted molar refractivity (Wildman–Crippen MR) is 106 cm³/mol. The largest absolute Gasteiger partial charge is 0.459 e. The summed E-state index contributed by atoms with van der Waals surface area (Å²) >= 11 is 0. The lowest BCUT2D eigenvalue weighted by molar-refractivity contribution is -0.137. The summed E-state index contributed by atoms with van der Waals surface area (Å²) in [7, 11) is 0. The van der Waals surface area contributed by atoms with Gasteiger partial charge in [-0.15, -0.1) is 0 Å². The Morgan fingerprint density at radius 1 is 1.00 bits per heavy atom. The van der Waals surface area contributed by atoms with E-state index in [0.29, 0.717) is 29.3 Å². The molecule has 1 aromatic heterocycles. The van der Waals surface area contributed by atoms with Crippen LogP contribution in [0.1, 0.15) is 25.2 Å². The van der Waals surface area contributed by atoms with E-state index in [9.17, 15) is 18.0 Å². The number of nitrogens with one attached hydrogen (secondary N) is 2. The molecule has 0 aliphatic rings. The zero-order chi connectivity index (χ0) is 21.0. The van der Waals surface area contributed by atoms with Gasteiger partial charge < -0.3 is 15.1 Å². The monoisotopic (exact) mass is 402 g/mol. The standard InChI is InChI=1S/C22H21F3N2O2/c1-14(2)21(28)27-18-8-6-17(7-9-18)26-13-19-10-11-20(29-19)15-4-3-5-16(12-15)22(23,24)25/h3-12,14,26H,13H2,1-2H3,(H,27,28). The molecule has 0 aliphatic carbocycles. The van der Waals surface area contributed by atoms with Gasteiger partial charge in [0.2, 0.25) is 5.91 Å². The molecule has 0 saturated heterocycles. The predicted octanol–water partition coefficient (Wildman–Crippen LogP) is 6.17. The molecule has 0 unspecified atom stereocenters. The number of rotatable bonds is 6. The Morgan fingerprint density at radius 3 is 2.34 bits per heavy atom. The summed E-state index contributed by atoms with van der Waals surface area (Å²) in [4.78, 5) is 11.7. The topological polar surface area (TPSA) is 54.3 Å². The first-order valence-corrected chi connectivity index (χ1v) is 9.13. The number of halogens is 3. The van der Waals surface area contributed by atoms with Crippen molar-refractivity contribution in [3.63, 3.8) is 0 Å². The lowest BCUT2D eigenvalue weighted by Crippen LogP contribution is -2.17. The molecule has 4 nitrogen and oxygen atoms in total. The Bertz CT molecular complexity index is 976. The Labute approximate surface area is 166 Å². The molecule has 0 fully saturated rings. The summed E-state index contributed by atoms with van der Waals surface area (Å²) < 4.78 is 44.3. The third-order valence-corrected chi connectivity index (χ3v) is 4.28. The lowest BCUT2D eigenvalue weighted by Gasteiger charge is -2.09. The van der Waals surface area contributed by atoms with E-state index in [0.717, 1.165) is 17.8 Å². The minimum absolute atomic E-state index is 0.0524. The van der Waals surface area contributed by atoms with Gasteiger partial charge in [0.15, 0.2) is 0 Å². The van der Waals surface area contributed by atoms with Gasteiger partial charge in [0.1, 0.15) is 11.5 Å². The lowest BCUT2D eigenvalue weighted by atomic mass is 10.1. The molecular weight excluding hydrogens is 381 g/mol. The number of alkyl halides is 3. The third kappa shape index (κ3) is 5.40. The Balaban J connectivity index is 1.62. The molecule has 0 radical (unpaired) electrons. The molecule has 0 saturated carbocycles. The second-order valence-electron chi connectivity index (χ2n) is 6.92. The number of hydrogen-bond acceptors (Lipinski definition) is 3. The minimum atomic E-state index is -4.40. The van der Waals surface area contributed by atoms with E-state index in [2.05, 4.69) is 10.6 Å². The first-order valence-electron chi connectivity index (χ1n) is 9.13. The van der Waals surface area contributed by atoms with Crippen molar-refractivity contribution in [1.82, 2.24) is 0 Å². The number of furan rings is 1. The van der Waals surface area contributed by atoms with Gasteiger partial charge in [-0.3, -0.25) is 4.79 Å². The minimum Gasteiger partial charge on any atom is -0.459 e. The Morgan fingerprint density at radius 2 is 1.69 bits per heavy atom. The fraction of sp³-hybridized carbons (Fsp3) is 0.227. The Hall–Kier alpha value is -3.22. The van der Waals surface area contributed by atoms with Gasteiger partial charge in [-0.1, -0.05) is 26.0 Å². The highest BCUT2D eigenvalue weighted by Crippen LogP contribution is 2.32. The van der Waals surface area contributed by atoms with Crippen LogP contribution in [0.5, 0.6) is 0 Å². The van der Waals surface area contributed by atoms with Crippen LogP contribution in [-0.2, 0) is 17.5 Å². The zero-order valence-corrected chi connectivity index (χ0v) is 16.0. The average molecular weight is 402 g/mol. The van der Waals surface area contributed by atoms with Crippen LogP contribution in [0.4, 0.5) is 24.5 Å². The second-order valence-corrected chi connectivity index (χ2v) is 6.92. The first-order chi connectivity index (χ1) is 13.7. The molecule has 7 heteroatoms. The summed E-state index contributed by atoms with van der Waals surface area (Å²) in [5, 5.41) is 5.99. The fourth-order valence-electron chi connectivity index (χ4n) is 2.62. The van der Waals surface area contributed by atoms with Crippen molar-refractivity contribution < 1.29 is 22.4 Å². The highest BCUT2D eigenvalue weighted by atomic mass is 19.4. The van der Waals surface area contributed by atoms with Crippen molar-refractivity contribution in [3.05, 3.63) is 72.0 Å². The average Bonchev–Trinajstić information content (AvgIpc) is 3.16. The van der Waals surface area contributed by atoms with Crippen molar-refractivity contribution in [2.24, 2.45) is 5.92 Å². The van der Waals surface area contributed by atoms with Crippen LogP contribution >= 0.6 is 0 Å². The summed E-state index contributed by atoms with van der Waals surface area (Å²) in [5.74, 6) is 0.815. The number of anilines is 2. The van der Waals surface area contributed by atoms with Gasteiger partial charge in [-0.2, -0.15) is 13.2 Å². The van der Waals surface area contributed by atoms with E-state index >= 15 is 0 Å². The Kier molecular flexibility index (Phi) is 5.96.